The van der Waals surface area contributed by atoms with E-state index >= 15 is 0 Å². The molecule has 1 aromatic rings. The average molecular weight is 331 g/mol. The van der Waals surface area contributed by atoms with Gasteiger partial charge in [0.2, 0.25) is 11.8 Å². The molecule has 2 N–H and O–H groups in total. The van der Waals surface area contributed by atoms with Crippen LogP contribution in [0, 0.1) is 0 Å². The SMILES string of the molecule is O=C(CCCCl)NCCNC(=O)CCc1ccc(Cl)cc1. The van der Waals surface area contributed by atoms with Gasteiger partial charge in [-0.25, -0.2) is 0 Å². The van der Waals surface area contributed by atoms with Crippen molar-refractivity contribution < 1.29 is 9.59 Å². The number of rotatable bonds is 9. The zero-order valence-corrected chi connectivity index (χ0v) is 13.3. The highest BCUT2D eigenvalue weighted by molar-refractivity contribution is 6.30. The molecule has 0 unspecified atom stereocenters. The largest absolute Gasteiger partial charge is 0.354 e. The number of carbonyl (C=O) groups is 2. The van der Waals surface area contributed by atoms with Crippen LogP contribution in [0.1, 0.15) is 24.8 Å². The highest BCUT2D eigenvalue weighted by Gasteiger charge is 2.03. The molecular weight excluding hydrogens is 311 g/mol. The lowest BCUT2D eigenvalue weighted by Crippen LogP contribution is -2.34. The molecule has 21 heavy (non-hydrogen) atoms. The maximum Gasteiger partial charge on any atom is 0.220 e. The van der Waals surface area contributed by atoms with Gasteiger partial charge in [-0.15, -0.1) is 11.6 Å². The minimum absolute atomic E-state index is 0.0278. The van der Waals surface area contributed by atoms with Crippen molar-refractivity contribution in [3.63, 3.8) is 0 Å². The van der Waals surface area contributed by atoms with Gasteiger partial charge in [0.1, 0.15) is 0 Å². The van der Waals surface area contributed by atoms with Gasteiger partial charge in [0.15, 0.2) is 0 Å². The molecule has 0 heterocycles. The summed E-state index contributed by atoms with van der Waals surface area (Å²) in [6.45, 7) is 0.875. The predicted octanol–water partition coefficient (Wildman–Crippen LogP) is 2.52. The summed E-state index contributed by atoms with van der Waals surface area (Å²) in [5.74, 6) is 0.417. The number of amides is 2. The Balaban J connectivity index is 2.08. The van der Waals surface area contributed by atoms with Crippen LogP contribution in [0.4, 0.5) is 0 Å². The maximum atomic E-state index is 11.6. The van der Waals surface area contributed by atoms with Crippen LogP contribution in [0.25, 0.3) is 0 Å². The first-order valence-corrected chi connectivity index (χ1v) is 7.87. The van der Waals surface area contributed by atoms with E-state index in [0.29, 0.717) is 49.7 Å². The van der Waals surface area contributed by atoms with Crippen LogP contribution in [-0.2, 0) is 16.0 Å². The molecule has 0 radical (unpaired) electrons. The highest BCUT2D eigenvalue weighted by atomic mass is 35.5. The first kappa shape index (κ1) is 17.8. The van der Waals surface area contributed by atoms with Crippen LogP contribution in [0.2, 0.25) is 5.02 Å². The van der Waals surface area contributed by atoms with E-state index < -0.39 is 0 Å². The molecule has 6 heteroatoms. The highest BCUT2D eigenvalue weighted by Crippen LogP contribution is 2.10. The number of carbonyl (C=O) groups excluding carboxylic acids is 2. The summed E-state index contributed by atoms with van der Waals surface area (Å²) in [7, 11) is 0. The summed E-state index contributed by atoms with van der Waals surface area (Å²) >= 11 is 11.3. The molecule has 1 rings (SSSR count). The number of hydrogen-bond acceptors (Lipinski definition) is 2. The van der Waals surface area contributed by atoms with E-state index in [4.69, 9.17) is 23.2 Å². The number of benzene rings is 1. The molecule has 0 atom stereocenters. The van der Waals surface area contributed by atoms with Crippen LogP contribution >= 0.6 is 23.2 Å². The van der Waals surface area contributed by atoms with E-state index in [1.54, 1.807) is 0 Å². The Morgan fingerprint density at radius 1 is 0.952 bits per heavy atom. The molecule has 0 aliphatic rings. The van der Waals surface area contributed by atoms with Crippen molar-refractivity contribution in [2.75, 3.05) is 19.0 Å². The van der Waals surface area contributed by atoms with Crippen molar-refractivity contribution >= 4 is 35.0 Å². The second-order valence-electron chi connectivity index (χ2n) is 4.62. The van der Waals surface area contributed by atoms with Crippen molar-refractivity contribution in [2.24, 2.45) is 0 Å². The van der Waals surface area contributed by atoms with Gasteiger partial charge in [0.05, 0.1) is 0 Å². The standard InChI is InChI=1S/C15H20Cl2N2O2/c16-9-1-2-14(20)18-10-11-19-15(21)8-5-12-3-6-13(17)7-4-12/h3-4,6-7H,1-2,5,8-11H2,(H,18,20)(H,19,21). The second-order valence-corrected chi connectivity index (χ2v) is 5.43. The van der Waals surface area contributed by atoms with Crippen molar-refractivity contribution in [3.05, 3.63) is 34.9 Å². The van der Waals surface area contributed by atoms with Gasteiger partial charge in [0.25, 0.3) is 0 Å². The number of halogens is 2. The fraction of sp³-hybridized carbons (Fsp3) is 0.467. The summed E-state index contributed by atoms with van der Waals surface area (Å²) in [5, 5.41) is 6.18. The lowest BCUT2D eigenvalue weighted by molar-refractivity contribution is -0.122. The van der Waals surface area contributed by atoms with Gasteiger partial charge in [-0.2, -0.15) is 0 Å². The molecule has 116 valence electrons. The number of nitrogens with one attached hydrogen (secondary N) is 2. The zero-order valence-electron chi connectivity index (χ0n) is 11.8. The van der Waals surface area contributed by atoms with Gasteiger partial charge in [-0.05, 0) is 30.5 Å². The summed E-state index contributed by atoms with van der Waals surface area (Å²) < 4.78 is 0. The van der Waals surface area contributed by atoms with Gasteiger partial charge >= 0.3 is 0 Å². The predicted molar refractivity (Wildman–Crippen MR) is 85.7 cm³/mol. The van der Waals surface area contributed by atoms with Gasteiger partial charge in [-0.1, -0.05) is 23.7 Å². The van der Waals surface area contributed by atoms with E-state index in [-0.39, 0.29) is 11.8 Å². The molecular formula is C15H20Cl2N2O2. The summed E-state index contributed by atoms with van der Waals surface area (Å²) in [4.78, 5) is 22.9. The Labute approximate surface area is 135 Å². The number of alkyl halides is 1. The van der Waals surface area contributed by atoms with Crippen LogP contribution in [-0.4, -0.2) is 30.8 Å². The van der Waals surface area contributed by atoms with E-state index in [1.807, 2.05) is 24.3 Å². The lowest BCUT2D eigenvalue weighted by Gasteiger charge is -2.07. The van der Waals surface area contributed by atoms with E-state index in [1.165, 1.54) is 0 Å². The Morgan fingerprint density at radius 3 is 2.10 bits per heavy atom. The summed E-state index contributed by atoms with van der Waals surface area (Å²) in [6.07, 6.45) is 2.18. The van der Waals surface area contributed by atoms with Crippen LogP contribution in [0.5, 0.6) is 0 Å². The molecule has 2 amide bonds. The normalized spacial score (nSPS) is 10.2. The first-order chi connectivity index (χ1) is 10.1. The third-order valence-corrected chi connectivity index (χ3v) is 3.38. The van der Waals surface area contributed by atoms with Crippen molar-refractivity contribution in [3.8, 4) is 0 Å². The van der Waals surface area contributed by atoms with Gasteiger partial charge in [0, 0.05) is 36.8 Å². The molecule has 0 aliphatic heterocycles. The summed E-state index contributed by atoms with van der Waals surface area (Å²) in [6, 6.07) is 7.44. The molecule has 1 aromatic carbocycles. The van der Waals surface area contributed by atoms with E-state index in [9.17, 15) is 9.59 Å². The molecule has 0 aromatic heterocycles. The van der Waals surface area contributed by atoms with Crippen molar-refractivity contribution in [1.82, 2.24) is 10.6 Å². The minimum Gasteiger partial charge on any atom is -0.354 e. The fourth-order valence-corrected chi connectivity index (χ4v) is 1.98. The average Bonchev–Trinajstić information content (AvgIpc) is 2.49. The molecule has 0 saturated heterocycles. The zero-order chi connectivity index (χ0) is 15.5. The maximum absolute atomic E-state index is 11.6. The topological polar surface area (TPSA) is 58.2 Å². The molecule has 0 aliphatic carbocycles. The van der Waals surface area contributed by atoms with E-state index in [2.05, 4.69) is 10.6 Å². The Kier molecular flexibility index (Phi) is 8.87. The van der Waals surface area contributed by atoms with Crippen LogP contribution < -0.4 is 10.6 Å². The Hall–Kier alpha value is -1.26. The fourth-order valence-electron chi connectivity index (χ4n) is 1.72. The quantitative estimate of drug-likeness (QED) is 0.540. The molecule has 4 nitrogen and oxygen atoms in total. The third kappa shape index (κ3) is 8.58. The monoisotopic (exact) mass is 330 g/mol. The van der Waals surface area contributed by atoms with Crippen LogP contribution in [0.3, 0.4) is 0 Å². The molecule has 0 fully saturated rings. The van der Waals surface area contributed by atoms with Gasteiger partial charge in [-0.3, -0.25) is 9.59 Å². The van der Waals surface area contributed by atoms with Crippen LogP contribution in [0.15, 0.2) is 24.3 Å². The Bertz CT molecular complexity index is 449. The van der Waals surface area contributed by atoms with Crippen molar-refractivity contribution in [1.29, 1.82) is 0 Å². The second kappa shape index (κ2) is 10.5. The number of aryl methyl sites for hydroxylation is 1. The third-order valence-electron chi connectivity index (χ3n) is 2.86. The first-order valence-electron chi connectivity index (χ1n) is 6.95. The van der Waals surface area contributed by atoms with Crippen molar-refractivity contribution in [2.45, 2.75) is 25.7 Å². The lowest BCUT2D eigenvalue weighted by atomic mass is 10.1. The molecule has 0 bridgehead atoms. The minimum atomic E-state index is -0.0361. The van der Waals surface area contributed by atoms with Gasteiger partial charge < -0.3 is 10.6 Å². The smallest absolute Gasteiger partial charge is 0.220 e. The molecule has 0 saturated carbocycles. The molecule has 0 spiro atoms. The Morgan fingerprint density at radius 2 is 1.52 bits per heavy atom. The summed E-state index contributed by atoms with van der Waals surface area (Å²) in [5.41, 5.74) is 1.07. The van der Waals surface area contributed by atoms with E-state index in [0.717, 1.165) is 5.56 Å². The number of hydrogen-bond donors (Lipinski definition) is 2.